The van der Waals surface area contributed by atoms with E-state index in [0.717, 1.165) is 12.3 Å². The first kappa shape index (κ1) is 14.7. The topological polar surface area (TPSA) is 21.6 Å². The van der Waals surface area contributed by atoms with Gasteiger partial charge in [-0.15, -0.1) is 0 Å². The highest BCUT2D eigenvalue weighted by atomic mass is 16.6. The summed E-state index contributed by atoms with van der Waals surface area (Å²) in [7, 11) is 0. The van der Waals surface area contributed by atoms with Crippen LogP contribution < -0.4 is 0 Å². The molecule has 2 aliphatic carbocycles. The first-order valence-electron chi connectivity index (χ1n) is 8.68. The van der Waals surface area contributed by atoms with Crippen molar-refractivity contribution in [2.75, 3.05) is 0 Å². The van der Waals surface area contributed by atoms with Gasteiger partial charge in [-0.2, -0.15) is 0 Å². The Morgan fingerprint density at radius 2 is 1.87 bits per heavy atom. The minimum Gasteiger partial charge on any atom is -0.391 e. The van der Waals surface area contributed by atoms with Gasteiger partial charge >= 0.3 is 0 Å². The van der Waals surface area contributed by atoms with Crippen LogP contribution in [0.3, 0.4) is 0 Å². The SMILES string of the molecule is CC12CCC(C/C1=N/OCc1cccc3ccccc13)C2(C)C. The number of hydrogen-bond acceptors (Lipinski definition) is 2. The lowest BCUT2D eigenvalue weighted by atomic mass is 9.70. The molecule has 2 nitrogen and oxygen atoms in total. The van der Waals surface area contributed by atoms with Gasteiger partial charge in [0.25, 0.3) is 0 Å². The Morgan fingerprint density at radius 1 is 1.09 bits per heavy atom. The normalized spacial score (nSPS) is 30.2. The number of benzene rings is 2. The maximum absolute atomic E-state index is 5.81. The molecule has 2 unspecified atom stereocenters. The molecule has 2 bridgehead atoms. The van der Waals surface area contributed by atoms with E-state index in [2.05, 4.69) is 68.4 Å². The Labute approximate surface area is 138 Å². The van der Waals surface area contributed by atoms with Crippen LogP contribution in [0.15, 0.2) is 47.6 Å². The molecule has 0 aromatic heterocycles. The van der Waals surface area contributed by atoms with Crippen molar-refractivity contribution in [1.29, 1.82) is 0 Å². The molecule has 0 aliphatic heterocycles. The number of fused-ring (bicyclic) bond motifs is 3. The number of nitrogens with zero attached hydrogens (tertiary/aromatic N) is 1. The maximum Gasteiger partial charge on any atom is 0.142 e. The predicted molar refractivity (Wildman–Crippen MR) is 95.4 cm³/mol. The van der Waals surface area contributed by atoms with Crippen molar-refractivity contribution in [2.45, 2.75) is 46.6 Å². The molecular weight excluding hydrogens is 282 g/mol. The zero-order chi connectivity index (χ0) is 16.1. The van der Waals surface area contributed by atoms with Gasteiger partial charge in [0, 0.05) is 5.41 Å². The molecule has 0 heterocycles. The zero-order valence-corrected chi connectivity index (χ0v) is 14.3. The first-order chi connectivity index (χ1) is 11.0. The van der Waals surface area contributed by atoms with Crippen molar-refractivity contribution < 1.29 is 4.84 Å². The van der Waals surface area contributed by atoms with Crippen molar-refractivity contribution in [3.63, 3.8) is 0 Å². The first-order valence-corrected chi connectivity index (χ1v) is 8.68. The van der Waals surface area contributed by atoms with Gasteiger partial charge in [-0.1, -0.05) is 68.4 Å². The predicted octanol–water partition coefficient (Wildman–Crippen LogP) is 5.56. The van der Waals surface area contributed by atoms with E-state index in [4.69, 9.17) is 4.84 Å². The van der Waals surface area contributed by atoms with E-state index in [1.54, 1.807) is 0 Å². The molecule has 0 radical (unpaired) electrons. The summed E-state index contributed by atoms with van der Waals surface area (Å²) >= 11 is 0. The van der Waals surface area contributed by atoms with Crippen LogP contribution in [-0.4, -0.2) is 5.71 Å². The van der Waals surface area contributed by atoms with Crippen LogP contribution in [0.25, 0.3) is 10.8 Å². The quantitative estimate of drug-likeness (QED) is 0.680. The molecule has 120 valence electrons. The summed E-state index contributed by atoms with van der Waals surface area (Å²) in [5, 5.41) is 7.11. The van der Waals surface area contributed by atoms with Gasteiger partial charge in [0.15, 0.2) is 0 Å². The summed E-state index contributed by atoms with van der Waals surface area (Å²) in [6.45, 7) is 7.72. The zero-order valence-electron chi connectivity index (χ0n) is 14.3. The smallest absolute Gasteiger partial charge is 0.142 e. The van der Waals surface area contributed by atoms with Gasteiger partial charge in [0.2, 0.25) is 0 Å². The monoisotopic (exact) mass is 307 g/mol. The molecule has 2 fully saturated rings. The maximum atomic E-state index is 5.81. The summed E-state index contributed by atoms with van der Waals surface area (Å²) < 4.78 is 0. The lowest BCUT2D eigenvalue weighted by Gasteiger charge is -2.34. The second-order valence-electron chi connectivity index (χ2n) is 7.94. The largest absolute Gasteiger partial charge is 0.391 e. The highest BCUT2D eigenvalue weighted by molar-refractivity contribution is 5.94. The van der Waals surface area contributed by atoms with E-state index in [1.165, 1.54) is 34.9 Å². The van der Waals surface area contributed by atoms with E-state index in [-0.39, 0.29) is 5.41 Å². The Kier molecular flexibility index (Phi) is 3.26. The van der Waals surface area contributed by atoms with Crippen LogP contribution in [0, 0.1) is 16.7 Å². The van der Waals surface area contributed by atoms with E-state index < -0.39 is 0 Å². The number of oxime groups is 1. The third-order valence-corrected chi connectivity index (χ3v) is 6.79. The van der Waals surface area contributed by atoms with E-state index in [1.807, 2.05) is 0 Å². The van der Waals surface area contributed by atoms with Crippen LogP contribution in [0.1, 0.15) is 45.6 Å². The average molecular weight is 307 g/mol. The Hall–Kier alpha value is -1.83. The lowest BCUT2D eigenvalue weighted by Crippen LogP contribution is -2.32. The van der Waals surface area contributed by atoms with Crippen LogP contribution in [-0.2, 0) is 11.4 Å². The molecule has 0 N–H and O–H groups in total. The van der Waals surface area contributed by atoms with Gasteiger partial charge in [0.1, 0.15) is 6.61 Å². The third kappa shape index (κ3) is 2.11. The second kappa shape index (κ2) is 5.09. The Balaban J connectivity index is 1.54. The van der Waals surface area contributed by atoms with Gasteiger partial charge in [0.05, 0.1) is 5.71 Å². The standard InChI is InChI=1S/C21H25NO/c1-20(2)17-11-12-21(20,3)19(13-17)22-23-14-16-9-6-8-15-7-4-5-10-18(15)16/h4-10,17H,11-14H2,1-3H3/b22-19-. The van der Waals surface area contributed by atoms with E-state index in [9.17, 15) is 0 Å². The van der Waals surface area contributed by atoms with Crippen molar-refractivity contribution >= 4 is 16.5 Å². The van der Waals surface area contributed by atoms with Crippen LogP contribution in [0.2, 0.25) is 0 Å². The Bertz CT molecular complexity index is 771. The fraction of sp³-hybridized carbons (Fsp3) is 0.476. The highest BCUT2D eigenvalue weighted by Crippen LogP contribution is 2.64. The molecule has 2 atom stereocenters. The molecule has 2 saturated carbocycles. The molecule has 4 rings (SSSR count). The van der Waals surface area contributed by atoms with E-state index >= 15 is 0 Å². The molecule has 0 amide bonds. The van der Waals surface area contributed by atoms with Crippen LogP contribution in [0.5, 0.6) is 0 Å². The highest BCUT2D eigenvalue weighted by Gasteiger charge is 2.60. The van der Waals surface area contributed by atoms with Crippen LogP contribution >= 0.6 is 0 Å². The van der Waals surface area contributed by atoms with Gasteiger partial charge in [-0.05, 0) is 46.9 Å². The molecule has 2 heteroatoms. The van der Waals surface area contributed by atoms with Crippen molar-refractivity contribution in [1.82, 2.24) is 0 Å². The molecular formula is C21H25NO. The minimum atomic E-state index is 0.219. The van der Waals surface area contributed by atoms with E-state index in [0.29, 0.717) is 12.0 Å². The molecule has 0 saturated heterocycles. The lowest BCUT2D eigenvalue weighted by molar-refractivity contribution is 0.124. The summed E-state index contributed by atoms with van der Waals surface area (Å²) in [6.07, 6.45) is 3.70. The summed E-state index contributed by atoms with van der Waals surface area (Å²) in [5.74, 6) is 0.771. The Morgan fingerprint density at radius 3 is 2.61 bits per heavy atom. The molecule has 23 heavy (non-hydrogen) atoms. The van der Waals surface area contributed by atoms with Crippen LogP contribution in [0.4, 0.5) is 0 Å². The third-order valence-electron chi connectivity index (χ3n) is 6.79. The fourth-order valence-corrected chi connectivity index (χ4v) is 4.66. The molecule has 2 aromatic carbocycles. The fourth-order valence-electron chi connectivity index (χ4n) is 4.66. The number of rotatable bonds is 3. The molecule has 2 aromatic rings. The molecule has 2 aliphatic rings. The summed E-state index contributed by atoms with van der Waals surface area (Å²) in [5.41, 5.74) is 3.06. The molecule has 0 spiro atoms. The minimum absolute atomic E-state index is 0.219. The average Bonchev–Trinajstić information content (AvgIpc) is 2.88. The van der Waals surface area contributed by atoms with Gasteiger partial charge < -0.3 is 4.84 Å². The van der Waals surface area contributed by atoms with Crippen molar-refractivity contribution in [2.24, 2.45) is 21.9 Å². The van der Waals surface area contributed by atoms with Gasteiger partial charge in [-0.25, -0.2) is 0 Å². The summed E-state index contributed by atoms with van der Waals surface area (Å²) in [6, 6.07) is 14.8. The van der Waals surface area contributed by atoms with Crippen molar-refractivity contribution in [3.05, 3.63) is 48.0 Å². The number of hydrogen-bond donors (Lipinski definition) is 0. The second-order valence-corrected chi connectivity index (χ2v) is 7.94. The van der Waals surface area contributed by atoms with Gasteiger partial charge in [-0.3, -0.25) is 0 Å². The summed E-state index contributed by atoms with van der Waals surface area (Å²) in [4.78, 5) is 5.81. The van der Waals surface area contributed by atoms with Crippen molar-refractivity contribution in [3.8, 4) is 0 Å².